The van der Waals surface area contributed by atoms with Gasteiger partial charge in [-0.15, -0.1) is 0 Å². The van der Waals surface area contributed by atoms with Crippen LogP contribution < -0.4 is 4.90 Å². The number of hydrogen-bond donors (Lipinski definition) is 0. The fourth-order valence-electron chi connectivity index (χ4n) is 7.38. The molecule has 0 N–H and O–H groups in total. The Morgan fingerprint density at radius 3 is 2.00 bits per heavy atom. The molecule has 0 aliphatic carbocycles. The van der Waals surface area contributed by atoms with Crippen LogP contribution in [0.1, 0.15) is 0 Å². The Morgan fingerprint density at radius 1 is 0.380 bits per heavy atom. The Bertz CT molecular complexity index is 2880. The van der Waals surface area contributed by atoms with Crippen LogP contribution in [0.2, 0.25) is 0 Å². The van der Waals surface area contributed by atoms with Crippen LogP contribution in [0.15, 0.2) is 187 Å². The van der Waals surface area contributed by atoms with Crippen molar-refractivity contribution in [2.45, 2.75) is 0 Å². The van der Waals surface area contributed by atoms with Crippen LogP contribution in [0.3, 0.4) is 0 Å². The molecule has 2 heterocycles. The molecule has 0 saturated carbocycles. The van der Waals surface area contributed by atoms with Gasteiger partial charge < -0.3 is 9.32 Å². The van der Waals surface area contributed by atoms with E-state index in [1.54, 1.807) is 0 Å². The highest BCUT2D eigenvalue weighted by Gasteiger charge is 2.17. The second-order valence-electron chi connectivity index (χ2n) is 12.8. The number of furan rings is 1. The predicted molar refractivity (Wildman–Crippen MR) is 210 cm³/mol. The summed E-state index contributed by atoms with van der Waals surface area (Å²) < 4.78 is 6.36. The first kappa shape index (κ1) is 28.3. The van der Waals surface area contributed by atoms with Gasteiger partial charge in [0.25, 0.3) is 0 Å². The minimum Gasteiger partial charge on any atom is -0.456 e. The number of fused-ring (bicyclic) bond motifs is 6. The standard InChI is InChI=1S/C47H30N2O/c1-2-10-34-26-36(18-17-31(34)8-1)35-12-5-14-39(27-35)49(38-21-19-33(20-22-38)42-16-6-11-32-9-3-4-15-41(32)42)40-23-24-46-44(29-40)43-28-37-13-7-25-48-45(37)30-47(43)50-46/h1-30H. The summed E-state index contributed by atoms with van der Waals surface area (Å²) in [7, 11) is 0. The van der Waals surface area contributed by atoms with Crippen molar-refractivity contribution in [3.05, 3.63) is 182 Å². The third-order valence-corrected chi connectivity index (χ3v) is 9.85. The lowest BCUT2D eigenvalue weighted by Gasteiger charge is -2.26. The van der Waals surface area contributed by atoms with Crippen molar-refractivity contribution in [2.24, 2.45) is 0 Å². The van der Waals surface area contributed by atoms with Crippen molar-refractivity contribution in [2.75, 3.05) is 4.90 Å². The van der Waals surface area contributed by atoms with Gasteiger partial charge in [-0.3, -0.25) is 4.98 Å². The average Bonchev–Trinajstić information content (AvgIpc) is 3.53. The molecule has 50 heavy (non-hydrogen) atoms. The van der Waals surface area contributed by atoms with E-state index in [0.717, 1.165) is 49.9 Å². The third-order valence-electron chi connectivity index (χ3n) is 9.85. The number of rotatable bonds is 5. The molecule has 10 rings (SSSR count). The molecule has 2 aromatic heterocycles. The Morgan fingerprint density at radius 2 is 1.08 bits per heavy atom. The molecule has 8 aromatic carbocycles. The molecule has 0 saturated heterocycles. The number of aromatic nitrogens is 1. The summed E-state index contributed by atoms with van der Waals surface area (Å²) in [6.07, 6.45) is 1.82. The highest BCUT2D eigenvalue weighted by Crippen LogP contribution is 2.41. The number of nitrogens with zero attached hydrogens (tertiary/aromatic N) is 2. The number of benzene rings is 8. The van der Waals surface area contributed by atoms with E-state index in [1.165, 1.54) is 43.8 Å². The van der Waals surface area contributed by atoms with Crippen molar-refractivity contribution in [3.63, 3.8) is 0 Å². The van der Waals surface area contributed by atoms with Crippen LogP contribution in [0.5, 0.6) is 0 Å². The molecule has 3 nitrogen and oxygen atoms in total. The van der Waals surface area contributed by atoms with Gasteiger partial charge in [0.2, 0.25) is 0 Å². The first-order chi connectivity index (χ1) is 24.7. The second kappa shape index (κ2) is 11.5. The Kier molecular flexibility index (Phi) is 6.49. The predicted octanol–water partition coefficient (Wildman–Crippen LogP) is 13.2. The number of anilines is 3. The van der Waals surface area contributed by atoms with Crippen LogP contribution in [0.25, 0.3) is 76.6 Å². The van der Waals surface area contributed by atoms with Crippen LogP contribution in [-0.2, 0) is 0 Å². The van der Waals surface area contributed by atoms with Crippen molar-refractivity contribution in [1.29, 1.82) is 0 Å². The maximum atomic E-state index is 6.36. The van der Waals surface area contributed by atoms with E-state index in [-0.39, 0.29) is 0 Å². The van der Waals surface area contributed by atoms with E-state index in [2.05, 4.69) is 174 Å². The first-order valence-corrected chi connectivity index (χ1v) is 16.9. The first-order valence-electron chi connectivity index (χ1n) is 16.9. The molecule has 0 radical (unpaired) electrons. The normalized spacial score (nSPS) is 11.6. The summed E-state index contributed by atoms with van der Waals surface area (Å²) in [6, 6.07) is 62.9. The zero-order valence-electron chi connectivity index (χ0n) is 27.1. The van der Waals surface area contributed by atoms with Gasteiger partial charge in [-0.25, -0.2) is 0 Å². The SMILES string of the molecule is c1cc(-c2ccc3ccccc3c2)cc(N(c2ccc(-c3cccc4ccccc34)cc2)c2ccc3oc4cc5ncccc5cc4c3c2)c1. The zero-order chi connectivity index (χ0) is 33.0. The second-order valence-corrected chi connectivity index (χ2v) is 12.8. The molecule has 10 aromatic rings. The topological polar surface area (TPSA) is 29.3 Å². The van der Waals surface area contributed by atoms with Crippen LogP contribution in [0.4, 0.5) is 17.1 Å². The number of pyridine rings is 1. The monoisotopic (exact) mass is 638 g/mol. The van der Waals surface area contributed by atoms with Gasteiger partial charge in [0.1, 0.15) is 11.2 Å². The minimum atomic E-state index is 0.840. The van der Waals surface area contributed by atoms with E-state index >= 15 is 0 Å². The largest absolute Gasteiger partial charge is 0.456 e. The third kappa shape index (κ3) is 4.79. The summed E-state index contributed by atoms with van der Waals surface area (Å²) in [5, 5.41) is 8.22. The van der Waals surface area contributed by atoms with Gasteiger partial charge in [0.15, 0.2) is 0 Å². The molecular formula is C47H30N2O. The van der Waals surface area contributed by atoms with E-state index in [9.17, 15) is 0 Å². The molecule has 0 unspecified atom stereocenters. The lowest BCUT2D eigenvalue weighted by molar-refractivity contribution is 0.669. The Hall–Kier alpha value is -6.71. The lowest BCUT2D eigenvalue weighted by Crippen LogP contribution is -2.10. The van der Waals surface area contributed by atoms with Crippen LogP contribution >= 0.6 is 0 Å². The summed E-state index contributed by atoms with van der Waals surface area (Å²) in [5.41, 5.74) is 10.6. The quantitative estimate of drug-likeness (QED) is 0.188. The minimum absolute atomic E-state index is 0.840. The van der Waals surface area contributed by atoms with Gasteiger partial charge in [-0.2, -0.15) is 0 Å². The molecule has 0 fully saturated rings. The maximum Gasteiger partial charge on any atom is 0.137 e. The number of hydrogen-bond acceptors (Lipinski definition) is 3. The zero-order valence-corrected chi connectivity index (χ0v) is 27.1. The van der Waals surface area contributed by atoms with E-state index in [4.69, 9.17) is 4.42 Å². The van der Waals surface area contributed by atoms with Gasteiger partial charge in [0, 0.05) is 45.5 Å². The van der Waals surface area contributed by atoms with Crippen molar-refractivity contribution in [3.8, 4) is 22.3 Å². The molecular weight excluding hydrogens is 609 g/mol. The molecule has 0 atom stereocenters. The van der Waals surface area contributed by atoms with Gasteiger partial charge in [-0.1, -0.05) is 109 Å². The maximum absolute atomic E-state index is 6.36. The molecule has 0 aliphatic rings. The molecule has 0 bridgehead atoms. The molecule has 0 aliphatic heterocycles. The summed E-state index contributed by atoms with van der Waals surface area (Å²) in [5.74, 6) is 0. The van der Waals surface area contributed by atoms with E-state index in [0.29, 0.717) is 0 Å². The van der Waals surface area contributed by atoms with Crippen molar-refractivity contribution < 1.29 is 4.42 Å². The molecule has 0 amide bonds. The van der Waals surface area contributed by atoms with Crippen molar-refractivity contribution in [1.82, 2.24) is 4.98 Å². The molecule has 234 valence electrons. The molecule has 3 heteroatoms. The molecule has 0 spiro atoms. The summed E-state index contributed by atoms with van der Waals surface area (Å²) >= 11 is 0. The summed E-state index contributed by atoms with van der Waals surface area (Å²) in [4.78, 5) is 6.90. The summed E-state index contributed by atoms with van der Waals surface area (Å²) in [6.45, 7) is 0. The fourth-order valence-corrected chi connectivity index (χ4v) is 7.38. The van der Waals surface area contributed by atoms with E-state index < -0.39 is 0 Å². The van der Waals surface area contributed by atoms with Crippen LogP contribution in [0, 0.1) is 0 Å². The van der Waals surface area contributed by atoms with E-state index in [1.807, 2.05) is 18.3 Å². The Balaban J connectivity index is 1.14. The van der Waals surface area contributed by atoms with Crippen LogP contribution in [-0.4, -0.2) is 4.98 Å². The van der Waals surface area contributed by atoms with Crippen molar-refractivity contribution >= 4 is 71.4 Å². The smallest absolute Gasteiger partial charge is 0.137 e. The highest BCUT2D eigenvalue weighted by atomic mass is 16.3. The van der Waals surface area contributed by atoms with Gasteiger partial charge in [0.05, 0.1) is 5.52 Å². The average molecular weight is 639 g/mol. The Labute approximate surface area is 289 Å². The lowest BCUT2D eigenvalue weighted by atomic mass is 9.98. The highest BCUT2D eigenvalue weighted by molar-refractivity contribution is 6.10. The van der Waals surface area contributed by atoms with Gasteiger partial charge >= 0.3 is 0 Å². The van der Waals surface area contributed by atoms with Gasteiger partial charge in [-0.05, 0) is 104 Å². The fraction of sp³-hybridized carbons (Fsp3) is 0.